The molecule has 0 bridgehead atoms. The van der Waals surface area contributed by atoms with E-state index in [0.29, 0.717) is 22.0 Å². The van der Waals surface area contributed by atoms with Crippen molar-refractivity contribution in [2.24, 2.45) is 5.92 Å². The van der Waals surface area contributed by atoms with Crippen LogP contribution in [0.25, 0.3) is 0 Å². The summed E-state index contributed by atoms with van der Waals surface area (Å²) >= 11 is 5.95. The van der Waals surface area contributed by atoms with Crippen LogP contribution >= 0.6 is 11.6 Å². The minimum absolute atomic E-state index is 0.111. The van der Waals surface area contributed by atoms with Gasteiger partial charge in [0.15, 0.2) is 12.7 Å². The summed E-state index contributed by atoms with van der Waals surface area (Å²) in [4.78, 5) is 36.0. The summed E-state index contributed by atoms with van der Waals surface area (Å²) in [5.74, 6) is -0.929. The molecule has 2 aromatic rings. The highest BCUT2D eigenvalue weighted by Gasteiger charge is 2.20. The standard InChI is InChI=1S/C21H22ClNO5/c1-13(2)21(26)23-16-10-8-15(9-11-16)20(25)14(3)28-19(24)12-27-18-7-5-4-6-17(18)22/h4-11,13-14H,12H2,1-3H3,(H,23,26). The Hall–Kier alpha value is -2.86. The number of ether oxygens (including phenoxy) is 2. The van der Waals surface area contributed by atoms with Crippen molar-refractivity contribution in [1.82, 2.24) is 0 Å². The molecule has 6 nitrogen and oxygen atoms in total. The van der Waals surface area contributed by atoms with E-state index in [-0.39, 0.29) is 24.2 Å². The van der Waals surface area contributed by atoms with E-state index < -0.39 is 12.1 Å². The van der Waals surface area contributed by atoms with Crippen molar-refractivity contribution in [2.75, 3.05) is 11.9 Å². The lowest BCUT2D eigenvalue weighted by Gasteiger charge is -2.14. The predicted molar refractivity (Wildman–Crippen MR) is 107 cm³/mol. The molecule has 1 N–H and O–H groups in total. The van der Waals surface area contributed by atoms with Crippen LogP contribution in [0.3, 0.4) is 0 Å². The number of anilines is 1. The minimum atomic E-state index is -0.974. The monoisotopic (exact) mass is 403 g/mol. The van der Waals surface area contributed by atoms with Crippen LogP contribution in [0, 0.1) is 5.92 Å². The number of amides is 1. The number of hydrogen-bond acceptors (Lipinski definition) is 5. The van der Waals surface area contributed by atoms with Crippen molar-refractivity contribution in [3.8, 4) is 5.75 Å². The molecule has 0 aliphatic carbocycles. The number of halogens is 1. The van der Waals surface area contributed by atoms with Crippen LogP contribution in [0.5, 0.6) is 5.75 Å². The smallest absolute Gasteiger partial charge is 0.344 e. The summed E-state index contributed by atoms with van der Waals surface area (Å²) in [5.41, 5.74) is 0.961. The molecular formula is C21H22ClNO5. The van der Waals surface area contributed by atoms with E-state index in [1.165, 1.54) is 6.92 Å². The summed E-state index contributed by atoms with van der Waals surface area (Å²) in [6, 6.07) is 13.1. The van der Waals surface area contributed by atoms with Gasteiger partial charge in [-0.25, -0.2) is 4.79 Å². The van der Waals surface area contributed by atoms with E-state index in [0.717, 1.165) is 0 Å². The number of esters is 1. The number of rotatable bonds is 8. The third kappa shape index (κ3) is 6.09. The first-order valence-electron chi connectivity index (χ1n) is 8.80. The quantitative estimate of drug-likeness (QED) is 0.529. The first-order chi connectivity index (χ1) is 13.3. The molecule has 1 atom stereocenters. The second-order valence-corrected chi connectivity index (χ2v) is 6.84. The van der Waals surface area contributed by atoms with Gasteiger partial charge in [-0.2, -0.15) is 0 Å². The van der Waals surface area contributed by atoms with Crippen molar-refractivity contribution in [1.29, 1.82) is 0 Å². The Balaban J connectivity index is 1.88. The van der Waals surface area contributed by atoms with E-state index in [9.17, 15) is 14.4 Å². The van der Waals surface area contributed by atoms with E-state index in [1.807, 2.05) is 0 Å². The molecule has 1 unspecified atom stereocenters. The van der Waals surface area contributed by atoms with Gasteiger partial charge in [0.05, 0.1) is 5.02 Å². The zero-order chi connectivity index (χ0) is 20.7. The summed E-state index contributed by atoms with van der Waals surface area (Å²) in [7, 11) is 0. The molecule has 2 rings (SSSR count). The van der Waals surface area contributed by atoms with Gasteiger partial charge in [-0.1, -0.05) is 37.6 Å². The Morgan fingerprint density at radius 3 is 2.25 bits per heavy atom. The first-order valence-corrected chi connectivity index (χ1v) is 9.17. The van der Waals surface area contributed by atoms with Crippen LogP contribution in [-0.2, 0) is 14.3 Å². The number of carbonyl (C=O) groups is 3. The lowest BCUT2D eigenvalue weighted by atomic mass is 10.1. The average molecular weight is 404 g/mol. The molecule has 148 valence electrons. The van der Waals surface area contributed by atoms with Crippen LogP contribution in [0.1, 0.15) is 31.1 Å². The molecule has 0 fully saturated rings. The van der Waals surface area contributed by atoms with E-state index >= 15 is 0 Å². The Bertz CT molecular complexity index is 848. The summed E-state index contributed by atoms with van der Waals surface area (Å²) in [6.45, 7) is 4.71. The zero-order valence-electron chi connectivity index (χ0n) is 15.9. The Morgan fingerprint density at radius 1 is 1.00 bits per heavy atom. The molecule has 0 spiro atoms. The molecule has 1 amide bonds. The zero-order valence-corrected chi connectivity index (χ0v) is 16.7. The van der Waals surface area contributed by atoms with Gasteiger partial charge in [-0.15, -0.1) is 0 Å². The van der Waals surface area contributed by atoms with Gasteiger partial charge in [0, 0.05) is 17.2 Å². The largest absolute Gasteiger partial charge is 0.480 e. The van der Waals surface area contributed by atoms with Gasteiger partial charge < -0.3 is 14.8 Å². The number of carbonyl (C=O) groups excluding carboxylic acids is 3. The highest BCUT2D eigenvalue weighted by molar-refractivity contribution is 6.32. The molecular weight excluding hydrogens is 382 g/mol. The van der Waals surface area contributed by atoms with E-state index in [2.05, 4.69) is 5.32 Å². The average Bonchev–Trinajstić information content (AvgIpc) is 2.67. The lowest BCUT2D eigenvalue weighted by Crippen LogP contribution is -2.27. The summed E-state index contributed by atoms with van der Waals surface area (Å²) < 4.78 is 10.4. The van der Waals surface area contributed by atoms with E-state index in [4.69, 9.17) is 21.1 Å². The molecule has 0 aliphatic heterocycles. The molecule has 0 saturated heterocycles. The van der Waals surface area contributed by atoms with Crippen LogP contribution in [0.4, 0.5) is 5.69 Å². The van der Waals surface area contributed by atoms with Crippen molar-refractivity contribution < 1.29 is 23.9 Å². The minimum Gasteiger partial charge on any atom is -0.480 e. The van der Waals surface area contributed by atoms with Crippen molar-refractivity contribution in [2.45, 2.75) is 26.9 Å². The third-order valence-corrected chi connectivity index (χ3v) is 4.13. The van der Waals surface area contributed by atoms with Gasteiger partial charge in [0.2, 0.25) is 11.7 Å². The molecule has 0 heterocycles. The highest BCUT2D eigenvalue weighted by atomic mass is 35.5. The Labute approximate surface area is 168 Å². The first kappa shape index (κ1) is 21.4. The number of hydrogen-bond donors (Lipinski definition) is 1. The molecule has 2 aromatic carbocycles. The third-order valence-electron chi connectivity index (χ3n) is 3.82. The van der Waals surface area contributed by atoms with Crippen LogP contribution < -0.4 is 10.1 Å². The van der Waals surface area contributed by atoms with Crippen molar-refractivity contribution in [3.63, 3.8) is 0 Å². The number of ketones is 1. The maximum atomic E-state index is 12.4. The fourth-order valence-corrected chi connectivity index (χ4v) is 2.41. The second-order valence-electron chi connectivity index (χ2n) is 6.44. The number of nitrogens with one attached hydrogen (secondary N) is 1. The molecule has 28 heavy (non-hydrogen) atoms. The molecule has 0 aromatic heterocycles. The number of benzene rings is 2. The molecule has 0 saturated carbocycles. The van der Waals surface area contributed by atoms with Crippen LogP contribution in [0.15, 0.2) is 48.5 Å². The normalized spacial score (nSPS) is 11.6. The topological polar surface area (TPSA) is 81.7 Å². The van der Waals surface area contributed by atoms with Crippen molar-refractivity contribution in [3.05, 3.63) is 59.1 Å². The molecule has 0 aliphatic rings. The SMILES string of the molecule is CC(C)C(=O)Nc1ccc(C(=O)C(C)OC(=O)COc2ccccc2Cl)cc1. The summed E-state index contributed by atoms with van der Waals surface area (Å²) in [5, 5.41) is 3.12. The summed E-state index contributed by atoms with van der Waals surface area (Å²) in [6.07, 6.45) is -0.974. The van der Waals surface area contributed by atoms with Gasteiger partial charge >= 0.3 is 5.97 Å². The predicted octanol–water partition coefficient (Wildman–Crippen LogP) is 4.13. The Morgan fingerprint density at radius 2 is 1.64 bits per heavy atom. The number of para-hydroxylation sites is 1. The van der Waals surface area contributed by atoms with Gasteiger partial charge in [-0.3, -0.25) is 9.59 Å². The van der Waals surface area contributed by atoms with Gasteiger partial charge in [-0.05, 0) is 43.3 Å². The second kappa shape index (κ2) is 9.90. The fourth-order valence-electron chi connectivity index (χ4n) is 2.22. The highest BCUT2D eigenvalue weighted by Crippen LogP contribution is 2.23. The molecule has 0 radical (unpaired) electrons. The maximum absolute atomic E-state index is 12.4. The molecule has 7 heteroatoms. The number of Topliss-reactive ketones (excluding diaryl/α,β-unsaturated/α-hetero) is 1. The van der Waals surface area contributed by atoms with Crippen LogP contribution in [0.2, 0.25) is 5.02 Å². The van der Waals surface area contributed by atoms with Gasteiger partial charge in [0.1, 0.15) is 5.75 Å². The Kier molecular flexibility index (Phi) is 7.58. The van der Waals surface area contributed by atoms with Gasteiger partial charge in [0.25, 0.3) is 0 Å². The lowest BCUT2D eigenvalue weighted by molar-refractivity contribution is -0.148. The van der Waals surface area contributed by atoms with E-state index in [1.54, 1.807) is 62.4 Å². The fraction of sp³-hybridized carbons (Fsp3) is 0.286. The maximum Gasteiger partial charge on any atom is 0.344 e. The van der Waals surface area contributed by atoms with Crippen LogP contribution in [-0.4, -0.2) is 30.4 Å². The van der Waals surface area contributed by atoms with Crippen molar-refractivity contribution >= 4 is 34.9 Å².